The molecule has 226 valence electrons. The number of carbonyl (C=O) groups is 4. The molecule has 4 rings (SSSR count). The lowest BCUT2D eigenvalue weighted by atomic mass is 9.85. The van der Waals surface area contributed by atoms with Gasteiger partial charge in [-0.3, -0.25) is 24.2 Å². The number of carbonyl (C=O) groups excluding carboxylic acids is 4. The van der Waals surface area contributed by atoms with Gasteiger partial charge in [0.1, 0.15) is 23.1 Å². The SMILES string of the molecule is CCOc1ccc(N2C(=O)N(C)C(=O)C23CCN(C(=O)C(NC(=O)c2cc(C(F)(F)F)ccc2F)C(C)C)CC3)cc1. The standard InChI is InChI=1S/C29H32F4N4O5/c1-5-42-20-9-7-19(8-10-20)37-27(41)35(4)26(40)28(37)12-14-36(15-13-28)25(39)23(17(2)3)34-24(38)21-16-18(29(31,32)33)6-11-22(21)30/h6-11,16-17,23H,5,12-15H2,1-4H3,(H,34,38). The molecule has 2 fully saturated rings. The zero-order chi connectivity index (χ0) is 31.0. The van der Waals surface area contributed by atoms with E-state index < -0.39 is 64.4 Å². The highest BCUT2D eigenvalue weighted by molar-refractivity contribution is 6.16. The number of halogens is 4. The minimum Gasteiger partial charge on any atom is -0.494 e. The summed E-state index contributed by atoms with van der Waals surface area (Å²) in [4.78, 5) is 56.8. The molecule has 0 aromatic heterocycles. The predicted octanol–water partition coefficient (Wildman–Crippen LogP) is 4.46. The number of nitrogens with one attached hydrogen (secondary N) is 1. The van der Waals surface area contributed by atoms with Crippen LogP contribution in [-0.4, -0.2) is 71.9 Å². The number of hydrogen-bond donors (Lipinski definition) is 1. The van der Waals surface area contributed by atoms with E-state index in [1.54, 1.807) is 38.1 Å². The third kappa shape index (κ3) is 5.64. The van der Waals surface area contributed by atoms with E-state index in [1.165, 1.54) is 16.8 Å². The smallest absolute Gasteiger partial charge is 0.416 e. The average molecular weight is 593 g/mol. The molecule has 0 bridgehead atoms. The number of urea groups is 1. The number of ether oxygens (including phenoxy) is 1. The lowest BCUT2D eigenvalue weighted by molar-refractivity contribution is -0.139. The topological polar surface area (TPSA) is 99.3 Å². The maximum atomic E-state index is 14.3. The van der Waals surface area contributed by atoms with Gasteiger partial charge in [-0.25, -0.2) is 9.18 Å². The summed E-state index contributed by atoms with van der Waals surface area (Å²) in [5.41, 5.74) is -2.75. The fraction of sp³-hybridized carbons (Fsp3) is 0.448. The number of nitrogens with zero attached hydrogens (tertiary/aromatic N) is 3. The predicted molar refractivity (Wildman–Crippen MR) is 144 cm³/mol. The number of rotatable bonds is 7. The van der Waals surface area contributed by atoms with Gasteiger partial charge >= 0.3 is 12.2 Å². The molecule has 2 heterocycles. The molecule has 2 aliphatic heterocycles. The summed E-state index contributed by atoms with van der Waals surface area (Å²) >= 11 is 0. The lowest BCUT2D eigenvalue weighted by Gasteiger charge is -2.43. The van der Waals surface area contributed by atoms with Gasteiger partial charge in [0.05, 0.1) is 17.7 Å². The van der Waals surface area contributed by atoms with Crippen molar-refractivity contribution in [2.45, 2.75) is 51.4 Å². The molecule has 0 saturated carbocycles. The van der Waals surface area contributed by atoms with Crippen molar-refractivity contribution in [3.63, 3.8) is 0 Å². The maximum absolute atomic E-state index is 14.3. The lowest BCUT2D eigenvalue weighted by Crippen LogP contribution is -2.60. The minimum absolute atomic E-state index is 0.0657. The van der Waals surface area contributed by atoms with Gasteiger partial charge in [0, 0.05) is 25.8 Å². The highest BCUT2D eigenvalue weighted by Crippen LogP contribution is 2.41. The van der Waals surface area contributed by atoms with E-state index in [0.29, 0.717) is 36.2 Å². The number of likely N-dealkylation sites (tertiary alicyclic amines) is 1. The summed E-state index contributed by atoms with van der Waals surface area (Å²) in [6.07, 6.45) is -4.56. The molecule has 2 saturated heterocycles. The number of anilines is 1. The van der Waals surface area contributed by atoms with Crippen LogP contribution in [-0.2, 0) is 15.8 Å². The van der Waals surface area contributed by atoms with Crippen LogP contribution in [0.3, 0.4) is 0 Å². The Morgan fingerprint density at radius 2 is 1.67 bits per heavy atom. The molecule has 9 nitrogen and oxygen atoms in total. The van der Waals surface area contributed by atoms with E-state index in [1.807, 2.05) is 6.92 Å². The maximum Gasteiger partial charge on any atom is 0.416 e. The Morgan fingerprint density at radius 1 is 1.05 bits per heavy atom. The van der Waals surface area contributed by atoms with Gasteiger partial charge in [0.15, 0.2) is 0 Å². The van der Waals surface area contributed by atoms with Gasteiger partial charge < -0.3 is 15.0 Å². The van der Waals surface area contributed by atoms with Crippen molar-refractivity contribution in [2.24, 2.45) is 5.92 Å². The molecular weight excluding hydrogens is 560 g/mol. The molecule has 1 N–H and O–H groups in total. The normalized spacial score (nSPS) is 17.7. The second-order valence-electron chi connectivity index (χ2n) is 10.7. The van der Waals surface area contributed by atoms with Crippen molar-refractivity contribution in [3.05, 3.63) is 59.4 Å². The highest BCUT2D eigenvalue weighted by atomic mass is 19.4. The van der Waals surface area contributed by atoms with Crippen molar-refractivity contribution in [2.75, 3.05) is 31.6 Å². The zero-order valence-corrected chi connectivity index (χ0v) is 23.6. The Balaban J connectivity index is 1.52. The van der Waals surface area contributed by atoms with Crippen molar-refractivity contribution in [1.29, 1.82) is 0 Å². The Bertz CT molecular complexity index is 1370. The molecule has 1 spiro atoms. The monoisotopic (exact) mass is 592 g/mol. The molecule has 1 unspecified atom stereocenters. The molecule has 0 aliphatic carbocycles. The minimum atomic E-state index is -4.79. The van der Waals surface area contributed by atoms with Crippen LogP contribution in [0, 0.1) is 11.7 Å². The molecule has 5 amide bonds. The van der Waals surface area contributed by atoms with Crippen molar-refractivity contribution in [1.82, 2.24) is 15.1 Å². The van der Waals surface area contributed by atoms with Crippen molar-refractivity contribution < 1.29 is 41.5 Å². The summed E-state index contributed by atoms with van der Waals surface area (Å²) in [5, 5.41) is 2.39. The van der Waals surface area contributed by atoms with E-state index in [4.69, 9.17) is 4.74 Å². The molecule has 0 radical (unpaired) electrons. The first kappa shape index (κ1) is 30.8. The van der Waals surface area contributed by atoms with Crippen LogP contribution < -0.4 is 15.0 Å². The molecule has 2 aromatic rings. The van der Waals surface area contributed by atoms with E-state index in [0.717, 1.165) is 4.90 Å². The van der Waals surface area contributed by atoms with Crippen LogP contribution in [0.1, 0.15) is 49.5 Å². The van der Waals surface area contributed by atoms with Gasteiger partial charge in [-0.05, 0) is 68.1 Å². The fourth-order valence-corrected chi connectivity index (χ4v) is 5.38. The van der Waals surface area contributed by atoms with Crippen LogP contribution in [0.25, 0.3) is 0 Å². The molecule has 2 aromatic carbocycles. The first-order valence-electron chi connectivity index (χ1n) is 13.5. The van der Waals surface area contributed by atoms with Crippen LogP contribution in [0.5, 0.6) is 5.75 Å². The number of amides is 5. The third-order valence-corrected chi connectivity index (χ3v) is 7.67. The van der Waals surface area contributed by atoms with Gasteiger partial charge in [0.2, 0.25) is 5.91 Å². The summed E-state index contributed by atoms with van der Waals surface area (Å²) in [7, 11) is 1.40. The summed E-state index contributed by atoms with van der Waals surface area (Å²) in [5.74, 6) is -3.13. The van der Waals surface area contributed by atoms with Crippen LogP contribution >= 0.6 is 0 Å². The highest BCUT2D eigenvalue weighted by Gasteiger charge is 2.58. The average Bonchev–Trinajstić information content (AvgIpc) is 3.12. The first-order chi connectivity index (χ1) is 19.7. The van der Waals surface area contributed by atoms with Gasteiger partial charge in [-0.15, -0.1) is 0 Å². The summed E-state index contributed by atoms with van der Waals surface area (Å²) < 4.78 is 59.2. The zero-order valence-electron chi connectivity index (χ0n) is 23.6. The number of imide groups is 1. The van der Waals surface area contributed by atoms with Gasteiger partial charge in [-0.2, -0.15) is 13.2 Å². The quantitative estimate of drug-likeness (QED) is 0.378. The number of hydrogen-bond acceptors (Lipinski definition) is 5. The number of likely N-dealkylation sites (N-methyl/N-ethyl adjacent to an activating group) is 1. The third-order valence-electron chi connectivity index (χ3n) is 7.67. The largest absolute Gasteiger partial charge is 0.494 e. The van der Waals surface area contributed by atoms with E-state index in [9.17, 15) is 36.7 Å². The second kappa shape index (κ2) is 11.6. The second-order valence-corrected chi connectivity index (χ2v) is 10.7. The van der Waals surface area contributed by atoms with E-state index >= 15 is 0 Å². The van der Waals surface area contributed by atoms with E-state index in [2.05, 4.69) is 5.32 Å². The van der Waals surface area contributed by atoms with Crippen molar-refractivity contribution >= 4 is 29.4 Å². The molecule has 42 heavy (non-hydrogen) atoms. The molecule has 13 heteroatoms. The molecule has 1 atom stereocenters. The Hall–Kier alpha value is -4.16. The van der Waals surface area contributed by atoms with Gasteiger partial charge in [0.25, 0.3) is 11.8 Å². The Labute approximate surface area is 240 Å². The summed E-state index contributed by atoms with van der Waals surface area (Å²) in [6, 6.07) is 6.59. The van der Waals surface area contributed by atoms with Gasteiger partial charge in [-0.1, -0.05) is 13.8 Å². The summed E-state index contributed by atoms with van der Waals surface area (Å²) in [6.45, 7) is 5.71. The van der Waals surface area contributed by atoms with E-state index in [-0.39, 0.29) is 25.9 Å². The number of benzene rings is 2. The van der Waals surface area contributed by atoms with Crippen LogP contribution in [0.15, 0.2) is 42.5 Å². The van der Waals surface area contributed by atoms with Crippen LogP contribution in [0.4, 0.5) is 28.0 Å². The van der Waals surface area contributed by atoms with Crippen LogP contribution in [0.2, 0.25) is 0 Å². The number of alkyl halides is 3. The first-order valence-corrected chi connectivity index (χ1v) is 13.5. The molecule has 2 aliphatic rings. The van der Waals surface area contributed by atoms with Crippen molar-refractivity contribution in [3.8, 4) is 5.75 Å². The number of piperidine rings is 1. The Kier molecular flexibility index (Phi) is 8.51. The Morgan fingerprint density at radius 3 is 2.21 bits per heavy atom. The fourth-order valence-electron chi connectivity index (χ4n) is 5.38. The molecular formula is C29H32F4N4O5.